The molecule has 0 saturated carbocycles. The molecule has 0 aromatic carbocycles. The van der Waals surface area contributed by atoms with E-state index in [4.69, 9.17) is 5.21 Å². The minimum absolute atomic E-state index is 0.218. The topological polar surface area (TPSA) is 44.6 Å². The van der Waals surface area contributed by atoms with Gasteiger partial charge in [-0.1, -0.05) is 6.92 Å². The first kappa shape index (κ1) is 10.4. The maximum absolute atomic E-state index is 8.32. The van der Waals surface area contributed by atoms with Crippen LogP contribution in [0.3, 0.4) is 0 Å². The van der Waals surface area contributed by atoms with Crippen LogP contribution in [-0.2, 0) is 0 Å². The van der Waals surface area contributed by atoms with Gasteiger partial charge in [0.05, 0.1) is 11.8 Å². The van der Waals surface area contributed by atoms with Gasteiger partial charge in [0.15, 0.2) is 0 Å². The molecule has 0 aliphatic carbocycles. The molecule has 11 heavy (non-hydrogen) atoms. The molecule has 0 aromatic heterocycles. The van der Waals surface area contributed by atoms with Crippen LogP contribution in [0.25, 0.3) is 0 Å². The number of rotatable bonds is 4. The van der Waals surface area contributed by atoms with E-state index in [2.05, 4.69) is 24.3 Å². The molecule has 1 atom stereocenters. The maximum Gasteiger partial charge on any atom is 0.0631 e. The Morgan fingerprint density at radius 2 is 2.18 bits per heavy atom. The second kappa shape index (κ2) is 4.34. The van der Waals surface area contributed by atoms with Crippen molar-refractivity contribution in [1.29, 1.82) is 0 Å². The molecule has 0 fully saturated rings. The normalized spacial score (nSPS) is 15.6. The van der Waals surface area contributed by atoms with Crippen LogP contribution >= 0.6 is 0 Å². The van der Waals surface area contributed by atoms with Crippen molar-refractivity contribution >= 4 is 6.21 Å². The summed E-state index contributed by atoms with van der Waals surface area (Å²) < 4.78 is 0. The SMILES string of the molecule is CCC(C)NC(C)(C)/C=N/O. The summed E-state index contributed by atoms with van der Waals surface area (Å²) in [5, 5.41) is 14.6. The molecular formula is C8H18N2O. The number of hydrogen-bond donors (Lipinski definition) is 2. The maximum atomic E-state index is 8.32. The molecule has 3 nitrogen and oxygen atoms in total. The van der Waals surface area contributed by atoms with Gasteiger partial charge in [0.25, 0.3) is 0 Å². The Morgan fingerprint density at radius 1 is 1.64 bits per heavy atom. The number of hydrogen-bond acceptors (Lipinski definition) is 3. The fraction of sp³-hybridized carbons (Fsp3) is 0.875. The molecule has 0 heterocycles. The molecule has 0 aliphatic rings. The molecular weight excluding hydrogens is 140 g/mol. The van der Waals surface area contributed by atoms with Crippen molar-refractivity contribution in [3.05, 3.63) is 0 Å². The van der Waals surface area contributed by atoms with Gasteiger partial charge in [0.1, 0.15) is 0 Å². The number of nitrogens with one attached hydrogen (secondary N) is 1. The minimum Gasteiger partial charge on any atom is -0.411 e. The third kappa shape index (κ3) is 4.79. The van der Waals surface area contributed by atoms with Crippen molar-refractivity contribution in [2.24, 2.45) is 5.16 Å². The van der Waals surface area contributed by atoms with Gasteiger partial charge in [0, 0.05) is 6.04 Å². The van der Waals surface area contributed by atoms with Crippen LogP contribution in [0.15, 0.2) is 5.16 Å². The van der Waals surface area contributed by atoms with Gasteiger partial charge in [-0.2, -0.15) is 0 Å². The molecule has 0 spiro atoms. The molecule has 2 N–H and O–H groups in total. The molecule has 0 rings (SSSR count). The molecule has 66 valence electrons. The van der Waals surface area contributed by atoms with E-state index in [1.807, 2.05) is 13.8 Å². The monoisotopic (exact) mass is 158 g/mol. The molecule has 3 heteroatoms. The minimum atomic E-state index is -0.218. The summed E-state index contributed by atoms with van der Waals surface area (Å²) in [4.78, 5) is 0. The summed E-state index contributed by atoms with van der Waals surface area (Å²) in [5.74, 6) is 0. The van der Waals surface area contributed by atoms with Gasteiger partial charge in [0.2, 0.25) is 0 Å². The fourth-order valence-electron chi connectivity index (χ4n) is 0.919. The van der Waals surface area contributed by atoms with Gasteiger partial charge in [-0.05, 0) is 27.2 Å². The Hall–Kier alpha value is -0.570. The van der Waals surface area contributed by atoms with Crippen LogP contribution in [0.4, 0.5) is 0 Å². The third-order valence-corrected chi connectivity index (χ3v) is 1.61. The van der Waals surface area contributed by atoms with Crippen molar-refractivity contribution in [3.8, 4) is 0 Å². The highest BCUT2D eigenvalue weighted by molar-refractivity contribution is 5.68. The lowest BCUT2D eigenvalue weighted by molar-refractivity contribution is 0.313. The van der Waals surface area contributed by atoms with E-state index >= 15 is 0 Å². The molecule has 0 aromatic rings. The second-order valence-corrected chi connectivity index (χ2v) is 3.42. The summed E-state index contributed by atoms with van der Waals surface area (Å²) in [6.07, 6.45) is 2.57. The number of oxime groups is 1. The van der Waals surface area contributed by atoms with Gasteiger partial charge < -0.3 is 10.5 Å². The largest absolute Gasteiger partial charge is 0.411 e. The van der Waals surface area contributed by atoms with E-state index in [1.165, 1.54) is 6.21 Å². The van der Waals surface area contributed by atoms with Crippen LogP contribution < -0.4 is 5.32 Å². The Morgan fingerprint density at radius 3 is 2.55 bits per heavy atom. The average molecular weight is 158 g/mol. The van der Waals surface area contributed by atoms with Crippen molar-refractivity contribution in [2.45, 2.75) is 45.7 Å². The van der Waals surface area contributed by atoms with Crippen molar-refractivity contribution in [1.82, 2.24) is 5.32 Å². The zero-order chi connectivity index (χ0) is 8.91. The molecule has 0 radical (unpaired) electrons. The summed E-state index contributed by atoms with van der Waals surface area (Å²) >= 11 is 0. The first-order valence-electron chi connectivity index (χ1n) is 3.98. The van der Waals surface area contributed by atoms with Gasteiger partial charge >= 0.3 is 0 Å². The van der Waals surface area contributed by atoms with E-state index < -0.39 is 0 Å². The highest BCUT2D eigenvalue weighted by atomic mass is 16.4. The van der Waals surface area contributed by atoms with Crippen molar-refractivity contribution in [3.63, 3.8) is 0 Å². The Labute approximate surface area is 68.5 Å². The average Bonchev–Trinajstić information content (AvgIpc) is 1.86. The highest BCUT2D eigenvalue weighted by Crippen LogP contribution is 2.01. The zero-order valence-corrected chi connectivity index (χ0v) is 7.76. The van der Waals surface area contributed by atoms with Crippen molar-refractivity contribution < 1.29 is 5.21 Å². The molecule has 0 bridgehead atoms. The third-order valence-electron chi connectivity index (χ3n) is 1.61. The van der Waals surface area contributed by atoms with Gasteiger partial charge in [-0.3, -0.25) is 0 Å². The summed E-state index contributed by atoms with van der Waals surface area (Å²) in [6, 6.07) is 0.447. The molecule has 1 unspecified atom stereocenters. The molecule has 0 aliphatic heterocycles. The second-order valence-electron chi connectivity index (χ2n) is 3.42. The lowest BCUT2D eigenvalue weighted by Gasteiger charge is -2.24. The van der Waals surface area contributed by atoms with Crippen LogP contribution in [-0.4, -0.2) is 23.0 Å². The summed E-state index contributed by atoms with van der Waals surface area (Å²) in [6.45, 7) is 8.16. The number of nitrogens with zero attached hydrogens (tertiary/aromatic N) is 1. The summed E-state index contributed by atoms with van der Waals surface area (Å²) in [7, 11) is 0. The lowest BCUT2D eigenvalue weighted by atomic mass is 10.1. The van der Waals surface area contributed by atoms with Crippen LogP contribution in [0.1, 0.15) is 34.1 Å². The summed E-state index contributed by atoms with van der Waals surface area (Å²) in [5.41, 5.74) is -0.218. The van der Waals surface area contributed by atoms with Crippen LogP contribution in [0.5, 0.6) is 0 Å². The van der Waals surface area contributed by atoms with Gasteiger partial charge in [-0.15, -0.1) is 5.16 Å². The fourth-order valence-corrected chi connectivity index (χ4v) is 0.919. The van der Waals surface area contributed by atoms with E-state index in [0.29, 0.717) is 6.04 Å². The zero-order valence-electron chi connectivity index (χ0n) is 7.76. The van der Waals surface area contributed by atoms with Crippen molar-refractivity contribution in [2.75, 3.05) is 0 Å². The smallest absolute Gasteiger partial charge is 0.0631 e. The lowest BCUT2D eigenvalue weighted by Crippen LogP contribution is -2.45. The quantitative estimate of drug-likeness (QED) is 0.371. The van der Waals surface area contributed by atoms with Gasteiger partial charge in [-0.25, -0.2) is 0 Å². The Bertz CT molecular complexity index is 132. The Balaban J connectivity index is 3.90. The molecule has 0 saturated heterocycles. The van der Waals surface area contributed by atoms with E-state index in [9.17, 15) is 0 Å². The highest BCUT2D eigenvalue weighted by Gasteiger charge is 2.16. The Kier molecular flexibility index (Phi) is 4.11. The standard InChI is InChI=1S/C8H18N2O/c1-5-7(2)10-8(3,4)6-9-11/h6-7,10-11H,5H2,1-4H3/b9-6+. The first-order valence-corrected chi connectivity index (χ1v) is 3.98. The predicted molar refractivity (Wildman–Crippen MR) is 47.2 cm³/mol. The predicted octanol–water partition coefficient (Wildman–Crippen LogP) is 1.61. The van der Waals surface area contributed by atoms with E-state index in [-0.39, 0.29) is 5.54 Å². The van der Waals surface area contributed by atoms with Crippen LogP contribution in [0.2, 0.25) is 0 Å². The molecule has 0 amide bonds. The van der Waals surface area contributed by atoms with Crippen LogP contribution in [0, 0.1) is 0 Å². The van der Waals surface area contributed by atoms with E-state index in [1.54, 1.807) is 0 Å². The van der Waals surface area contributed by atoms with E-state index in [0.717, 1.165) is 6.42 Å². The first-order chi connectivity index (χ1) is 5.02.